The van der Waals surface area contributed by atoms with Crippen LogP contribution in [0.1, 0.15) is 26.5 Å². The summed E-state index contributed by atoms with van der Waals surface area (Å²) in [7, 11) is 2.95. The second-order valence-corrected chi connectivity index (χ2v) is 5.89. The summed E-state index contributed by atoms with van der Waals surface area (Å²) in [5, 5.41) is 3.95. The number of Topliss-reactive ketones (excluding diaryl/α,β-unsaturated/α-hetero) is 1. The number of rotatable bonds is 7. The molecular weight excluding hydrogens is 362 g/mol. The van der Waals surface area contributed by atoms with Crippen LogP contribution >= 0.6 is 0 Å². The van der Waals surface area contributed by atoms with Crippen LogP contribution in [0.3, 0.4) is 0 Å². The van der Waals surface area contributed by atoms with Gasteiger partial charge in [0.2, 0.25) is 5.78 Å². The molecule has 28 heavy (non-hydrogen) atoms. The van der Waals surface area contributed by atoms with Crippen LogP contribution in [0.2, 0.25) is 0 Å². The highest BCUT2D eigenvalue weighted by atomic mass is 16.5. The Morgan fingerprint density at radius 3 is 2.46 bits per heavy atom. The molecule has 144 valence electrons. The van der Waals surface area contributed by atoms with Gasteiger partial charge < -0.3 is 18.7 Å². The van der Waals surface area contributed by atoms with Crippen LogP contribution in [0.4, 0.5) is 0 Å². The van der Waals surface area contributed by atoms with Gasteiger partial charge in [0.25, 0.3) is 0 Å². The van der Waals surface area contributed by atoms with Gasteiger partial charge in [0.15, 0.2) is 6.61 Å². The standard InChI is InChI=1S/C21H19NO6/c1-13-19(20(22-28-13)14-7-5-4-6-8-14)21(24)27-12-17(23)16-11-15(25-2)9-10-18(16)26-3/h4-11H,12H2,1-3H3. The minimum Gasteiger partial charge on any atom is -0.497 e. The van der Waals surface area contributed by atoms with E-state index in [1.807, 2.05) is 18.2 Å². The second-order valence-electron chi connectivity index (χ2n) is 5.89. The summed E-state index contributed by atoms with van der Waals surface area (Å²) in [5.74, 6) is 0.0762. The Morgan fingerprint density at radius 1 is 1.04 bits per heavy atom. The predicted molar refractivity (Wildman–Crippen MR) is 101 cm³/mol. The molecule has 0 spiro atoms. The third kappa shape index (κ3) is 3.88. The van der Waals surface area contributed by atoms with E-state index in [-0.39, 0.29) is 11.1 Å². The van der Waals surface area contributed by atoms with Gasteiger partial charge in [-0.15, -0.1) is 0 Å². The van der Waals surface area contributed by atoms with Gasteiger partial charge in [0.05, 0.1) is 19.8 Å². The molecule has 2 aromatic carbocycles. The number of hydrogen-bond acceptors (Lipinski definition) is 7. The topological polar surface area (TPSA) is 87.9 Å². The van der Waals surface area contributed by atoms with Crippen LogP contribution in [-0.2, 0) is 4.74 Å². The van der Waals surface area contributed by atoms with Crippen molar-refractivity contribution in [3.63, 3.8) is 0 Å². The van der Waals surface area contributed by atoms with Gasteiger partial charge in [-0.25, -0.2) is 4.79 Å². The third-order valence-corrected chi connectivity index (χ3v) is 4.16. The van der Waals surface area contributed by atoms with Gasteiger partial charge >= 0.3 is 5.97 Å². The van der Waals surface area contributed by atoms with E-state index in [1.54, 1.807) is 31.2 Å². The maximum Gasteiger partial charge on any atom is 0.344 e. The number of aryl methyl sites for hydroxylation is 1. The number of ether oxygens (including phenoxy) is 3. The molecule has 0 bridgehead atoms. The second kappa shape index (κ2) is 8.39. The average molecular weight is 381 g/mol. The largest absolute Gasteiger partial charge is 0.497 e. The summed E-state index contributed by atoms with van der Waals surface area (Å²) in [6, 6.07) is 13.9. The van der Waals surface area contributed by atoms with E-state index in [0.29, 0.717) is 28.5 Å². The number of carbonyl (C=O) groups is 2. The molecule has 0 aliphatic carbocycles. The maximum absolute atomic E-state index is 12.6. The Balaban J connectivity index is 1.79. The quantitative estimate of drug-likeness (QED) is 0.455. The summed E-state index contributed by atoms with van der Waals surface area (Å²) in [4.78, 5) is 25.2. The highest BCUT2D eigenvalue weighted by Crippen LogP contribution is 2.27. The fourth-order valence-corrected chi connectivity index (χ4v) is 2.72. The number of aromatic nitrogens is 1. The van der Waals surface area contributed by atoms with Crippen molar-refractivity contribution in [2.45, 2.75) is 6.92 Å². The number of nitrogens with zero attached hydrogens (tertiary/aromatic N) is 1. The molecule has 0 aliphatic heterocycles. The first-order chi connectivity index (χ1) is 13.5. The summed E-state index contributed by atoms with van der Waals surface area (Å²) >= 11 is 0. The Bertz CT molecular complexity index is 993. The first-order valence-electron chi connectivity index (χ1n) is 8.49. The van der Waals surface area contributed by atoms with Crippen molar-refractivity contribution in [1.82, 2.24) is 5.16 Å². The SMILES string of the molecule is COc1ccc(OC)c(C(=O)COC(=O)c2c(-c3ccccc3)noc2C)c1. The molecular formula is C21H19NO6. The molecule has 7 nitrogen and oxygen atoms in total. The zero-order valence-corrected chi connectivity index (χ0v) is 15.7. The van der Waals surface area contributed by atoms with Crippen molar-refractivity contribution in [2.75, 3.05) is 20.8 Å². The highest BCUT2D eigenvalue weighted by molar-refractivity contribution is 6.03. The highest BCUT2D eigenvalue weighted by Gasteiger charge is 2.24. The number of ketones is 1. The summed E-state index contributed by atoms with van der Waals surface area (Å²) < 4.78 is 20.7. The molecule has 7 heteroatoms. The van der Waals surface area contributed by atoms with Crippen LogP contribution in [0, 0.1) is 6.92 Å². The predicted octanol–water partition coefficient (Wildman–Crippen LogP) is 3.71. The molecule has 0 unspecified atom stereocenters. The number of methoxy groups -OCH3 is 2. The lowest BCUT2D eigenvalue weighted by atomic mass is 10.1. The molecule has 3 rings (SSSR count). The van der Waals surface area contributed by atoms with Crippen LogP contribution in [0.5, 0.6) is 11.5 Å². The van der Waals surface area contributed by atoms with Gasteiger partial charge in [0, 0.05) is 5.56 Å². The Morgan fingerprint density at radius 2 is 1.79 bits per heavy atom. The minimum atomic E-state index is -0.687. The van der Waals surface area contributed by atoms with Crippen molar-refractivity contribution >= 4 is 11.8 Å². The fraction of sp³-hybridized carbons (Fsp3) is 0.190. The molecule has 3 aromatic rings. The lowest BCUT2D eigenvalue weighted by Crippen LogP contribution is -2.16. The Kier molecular flexibility index (Phi) is 5.74. The molecule has 0 aliphatic rings. The van der Waals surface area contributed by atoms with Gasteiger partial charge in [-0.2, -0.15) is 0 Å². The van der Waals surface area contributed by atoms with E-state index in [2.05, 4.69) is 5.16 Å². The summed E-state index contributed by atoms with van der Waals surface area (Å²) in [5.41, 5.74) is 1.54. The van der Waals surface area contributed by atoms with Crippen molar-refractivity contribution in [1.29, 1.82) is 0 Å². The fourth-order valence-electron chi connectivity index (χ4n) is 2.72. The lowest BCUT2D eigenvalue weighted by Gasteiger charge is -2.10. The summed E-state index contributed by atoms with van der Waals surface area (Å²) in [6.45, 7) is 1.16. The molecule has 0 saturated heterocycles. The molecule has 0 amide bonds. The zero-order valence-electron chi connectivity index (χ0n) is 15.7. The van der Waals surface area contributed by atoms with E-state index in [0.717, 1.165) is 0 Å². The molecule has 0 saturated carbocycles. The van der Waals surface area contributed by atoms with E-state index in [4.69, 9.17) is 18.7 Å². The lowest BCUT2D eigenvalue weighted by molar-refractivity contribution is 0.0472. The Hall–Kier alpha value is -3.61. The van der Waals surface area contributed by atoms with E-state index in [9.17, 15) is 9.59 Å². The Labute approximate surface area is 161 Å². The number of benzene rings is 2. The molecule has 0 atom stereocenters. The van der Waals surface area contributed by atoms with Crippen molar-refractivity contribution in [2.24, 2.45) is 0 Å². The first kappa shape index (κ1) is 19.2. The number of esters is 1. The molecule has 0 radical (unpaired) electrons. The van der Waals surface area contributed by atoms with Crippen LogP contribution < -0.4 is 9.47 Å². The third-order valence-electron chi connectivity index (χ3n) is 4.16. The van der Waals surface area contributed by atoms with Gasteiger partial charge in [-0.1, -0.05) is 35.5 Å². The smallest absolute Gasteiger partial charge is 0.344 e. The van der Waals surface area contributed by atoms with E-state index < -0.39 is 18.4 Å². The van der Waals surface area contributed by atoms with Crippen molar-refractivity contribution in [3.05, 3.63) is 65.4 Å². The van der Waals surface area contributed by atoms with E-state index >= 15 is 0 Å². The van der Waals surface area contributed by atoms with Crippen LogP contribution in [-0.4, -0.2) is 37.7 Å². The minimum absolute atomic E-state index is 0.191. The zero-order chi connectivity index (χ0) is 20.1. The monoisotopic (exact) mass is 381 g/mol. The first-order valence-corrected chi connectivity index (χ1v) is 8.49. The van der Waals surface area contributed by atoms with Crippen molar-refractivity contribution < 1.29 is 28.3 Å². The van der Waals surface area contributed by atoms with E-state index in [1.165, 1.54) is 20.3 Å². The van der Waals surface area contributed by atoms with Crippen LogP contribution in [0.25, 0.3) is 11.3 Å². The average Bonchev–Trinajstić information content (AvgIpc) is 3.13. The number of carbonyl (C=O) groups excluding carboxylic acids is 2. The normalized spacial score (nSPS) is 10.4. The molecule has 0 fully saturated rings. The van der Waals surface area contributed by atoms with Crippen molar-refractivity contribution in [3.8, 4) is 22.8 Å². The molecule has 1 heterocycles. The molecule has 0 N–H and O–H groups in total. The van der Waals surface area contributed by atoms with Gasteiger partial charge in [-0.3, -0.25) is 4.79 Å². The molecule has 1 aromatic heterocycles. The van der Waals surface area contributed by atoms with Crippen LogP contribution in [0.15, 0.2) is 53.1 Å². The number of hydrogen-bond donors (Lipinski definition) is 0. The maximum atomic E-state index is 12.6. The van der Waals surface area contributed by atoms with Gasteiger partial charge in [-0.05, 0) is 25.1 Å². The van der Waals surface area contributed by atoms with Gasteiger partial charge in [0.1, 0.15) is 28.5 Å². The summed E-state index contributed by atoms with van der Waals surface area (Å²) in [6.07, 6.45) is 0.